The summed E-state index contributed by atoms with van der Waals surface area (Å²) in [6.07, 6.45) is 0. The van der Waals surface area contributed by atoms with Crippen LogP contribution in [0.4, 0.5) is 5.69 Å². The molecule has 5 heteroatoms. The lowest BCUT2D eigenvalue weighted by Gasteiger charge is -2.10. The van der Waals surface area contributed by atoms with E-state index in [2.05, 4.69) is 10.1 Å². The Morgan fingerprint density at radius 3 is 2.53 bits per heavy atom. The lowest BCUT2D eigenvalue weighted by atomic mass is 10.1. The van der Waals surface area contributed by atoms with Crippen LogP contribution < -0.4 is 5.32 Å². The minimum absolute atomic E-state index is 0.158. The summed E-state index contributed by atoms with van der Waals surface area (Å²) in [5.74, 6) is -0.788. The molecule has 0 saturated carbocycles. The molecule has 1 aromatic carbocycles. The quantitative estimate of drug-likeness (QED) is 0.845. The van der Waals surface area contributed by atoms with Gasteiger partial charge < -0.3 is 10.1 Å². The summed E-state index contributed by atoms with van der Waals surface area (Å²) >= 11 is 5.93. The average Bonchev–Trinajstić information content (AvgIpc) is 2.30. The number of nitrogens with one attached hydrogen (secondary N) is 1. The second-order valence-corrected chi connectivity index (χ2v) is 4.24. The molecule has 0 aliphatic rings. The van der Waals surface area contributed by atoms with E-state index in [4.69, 9.17) is 11.6 Å². The first-order chi connectivity index (χ1) is 7.95. The number of halogens is 1. The van der Waals surface area contributed by atoms with Crippen molar-refractivity contribution < 1.29 is 14.3 Å². The Morgan fingerprint density at radius 1 is 1.35 bits per heavy atom. The highest BCUT2D eigenvalue weighted by atomic mass is 35.5. The second kappa shape index (κ2) is 5.68. The third-order valence-electron chi connectivity index (χ3n) is 2.17. The SMILES string of the molecule is COC(=O)c1ccc(Cl)c(NC(=O)C(C)C)c1. The number of ether oxygens (including phenoxy) is 1. The number of carbonyl (C=O) groups excluding carboxylic acids is 2. The summed E-state index contributed by atoms with van der Waals surface area (Å²) in [6, 6.07) is 4.58. The normalized spacial score (nSPS) is 10.2. The van der Waals surface area contributed by atoms with Crippen LogP contribution in [0.25, 0.3) is 0 Å². The molecule has 1 aromatic rings. The minimum atomic E-state index is -0.471. The molecule has 0 aromatic heterocycles. The first-order valence-electron chi connectivity index (χ1n) is 5.14. The first-order valence-corrected chi connectivity index (χ1v) is 5.52. The summed E-state index contributed by atoms with van der Waals surface area (Å²) in [7, 11) is 1.29. The van der Waals surface area contributed by atoms with Crippen LogP contribution in [0.2, 0.25) is 5.02 Å². The Kier molecular flexibility index (Phi) is 4.52. The van der Waals surface area contributed by atoms with E-state index in [1.54, 1.807) is 26.0 Å². The molecule has 4 nitrogen and oxygen atoms in total. The van der Waals surface area contributed by atoms with E-state index in [0.717, 1.165) is 0 Å². The van der Waals surface area contributed by atoms with Gasteiger partial charge in [-0.3, -0.25) is 4.79 Å². The van der Waals surface area contributed by atoms with Crippen molar-refractivity contribution in [2.24, 2.45) is 5.92 Å². The zero-order valence-electron chi connectivity index (χ0n) is 9.91. The van der Waals surface area contributed by atoms with Gasteiger partial charge in [-0.25, -0.2) is 4.79 Å². The van der Waals surface area contributed by atoms with E-state index in [1.165, 1.54) is 13.2 Å². The van der Waals surface area contributed by atoms with Gasteiger partial charge in [0, 0.05) is 5.92 Å². The highest BCUT2D eigenvalue weighted by Gasteiger charge is 2.12. The molecule has 0 saturated heterocycles. The molecule has 92 valence electrons. The number of methoxy groups -OCH3 is 1. The van der Waals surface area contributed by atoms with Crippen LogP contribution in [0.5, 0.6) is 0 Å². The third kappa shape index (κ3) is 3.46. The number of amides is 1. The Balaban J connectivity index is 2.99. The van der Waals surface area contributed by atoms with Crippen LogP contribution in [0.1, 0.15) is 24.2 Å². The Labute approximate surface area is 105 Å². The second-order valence-electron chi connectivity index (χ2n) is 3.83. The van der Waals surface area contributed by atoms with Gasteiger partial charge in [0.2, 0.25) is 5.91 Å². The van der Waals surface area contributed by atoms with Crippen LogP contribution in [0.3, 0.4) is 0 Å². The van der Waals surface area contributed by atoms with Gasteiger partial charge in [-0.1, -0.05) is 25.4 Å². The smallest absolute Gasteiger partial charge is 0.337 e. The lowest BCUT2D eigenvalue weighted by Crippen LogP contribution is -2.18. The molecule has 0 heterocycles. The van der Waals surface area contributed by atoms with Crippen molar-refractivity contribution in [3.8, 4) is 0 Å². The number of rotatable bonds is 3. The average molecular weight is 256 g/mol. The van der Waals surface area contributed by atoms with E-state index < -0.39 is 5.97 Å². The molecule has 0 spiro atoms. The molecule has 0 atom stereocenters. The van der Waals surface area contributed by atoms with Crippen LogP contribution in [0, 0.1) is 5.92 Å². The number of carbonyl (C=O) groups is 2. The number of hydrogen-bond donors (Lipinski definition) is 1. The van der Waals surface area contributed by atoms with Crippen molar-refractivity contribution >= 4 is 29.2 Å². The van der Waals surface area contributed by atoms with Crippen LogP contribution >= 0.6 is 11.6 Å². The predicted molar refractivity (Wildman–Crippen MR) is 66.3 cm³/mol. The maximum atomic E-state index is 11.5. The Morgan fingerprint density at radius 2 is 2.00 bits per heavy atom. The van der Waals surface area contributed by atoms with Gasteiger partial charge in [0.05, 0.1) is 23.4 Å². The van der Waals surface area contributed by atoms with Gasteiger partial charge in [-0.05, 0) is 18.2 Å². The van der Waals surface area contributed by atoms with Crippen molar-refractivity contribution in [1.29, 1.82) is 0 Å². The zero-order valence-corrected chi connectivity index (χ0v) is 10.7. The van der Waals surface area contributed by atoms with Crippen molar-refractivity contribution in [3.05, 3.63) is 28.8 Å². The zero-order chi connectivity index (χ0) is 13.0. The van der Waals surface area contributed by atoms with Crippen LogP contribution in [0.15, 0.2) is 18.2 Å². The summed E-state index contributed by atoms with van der Waals surface area (Å²) in [5.41, 5.74) is 0.754. The lowest BCUT2D eigenvalue weighted by molar-refractivity contribution is -0.118. The van der Waals surface area contributed by atoms with Crippen LogP contribution in [-0.4, -0.2) is 19.0 Å². The molecule has 0 fully saturated rings. The number of anilines is 1. The van der Waals surface area contributed by atoms with Crippen LogP contribution in [-0.2, 0) is 9.53 Å². The minimum Gasteiger partial charge on any atom is -0.465 e. The topological polar surface area (TPSA) is 55.4 Å². The molecule has 1 amide bonds. The van der Waals surface area contributed by atoms with E-state index in [0.29, 0.717) is 16.3 Å². The van der Waals surface area contributed by atoms with Gasteiger partial charge in [0.25, 0.3) is 0 Å². The molecule has 0 radical (unpaired) electrons. The molecule has 0 unspecified atom stereocenters. The number of hydrogen-bond acceptors (Lipinski definition) is 3. The van der Waals surface area contributed by atoms with Crippen molar-refractivity contribution in [2.45, 2.75) is 13.8 Å². The number of benzene rings is 1. The molecule has 0 aliphatic carbocycles. The first kappa shape index (κ1) is 13.5. The monoisotopic (exact) mass is 255 g/mol. The van der Waals surface area contributed by atoms with Gasteiger partial charge in [-0.15, -0.1) is 0 Å². The fourth-order valence-corrected chi connectivity index (χ4v) is 1.31. The summed E-state index contributed by atoms with van der Waals surface area (Å²) < 4.78 is 4.59. The van der Waals surface area contributed by atoms with E-state index >= 15 is 0 Å². The maximum absolute atomic E-state index is 11.5. The summed E-state index contributed by atoms with van der Waals surface area (Å²) in [5, 5.41) is 3.03. The van der Waals surface area contributed by atoms with Gasteiger partial charge in [0.15, 0.2) is 0 Å². The predicted octanol–water partition coefficient (Wildman–Crippen LogP) is 2.72. The largest absolute Gasteiger partial charge is 0.465 e. The van der Waals surface area contributed by atoms with E-state index in [-0.39, 0.29) is 11.8 Å². The molecule has 1 rings (SSSR count). The third-order valence-corrected chi connectivity index (χ3v) is 2.50. The Bertz CT molecular complexity index is 443. The molecule has 1 N–H and O–H groups in total. The van der Waals surface area contributed by atoms with Gasteiger partial charge in [-0.2, -0.15) is 0 Å². The van der Waals surface area contributed by atoms with Crippen molar-refractivity contribution in [3.63, 3.8) is 0 Å². The van der Waals surface area contributed by atoms with Crippen molar-refractivity contribution in [2.75, 3.05) is 12.4 Å². The highest BCUT2D eigenvalue weighted by molar-refractivity contribution is 6.33. The maximum Gasteiger partial charge on any atom is 0.337 e. The fraction of sp³-hybridized carbons (Fsp3) is 0.333. The standard InChI is InChI=1S/C12H14ClNO3/c1-7(2)11(15)14-10-6-8(12(16)17-3)4-5-9(10)13/h4-7H,1-3H3,(H,14,15). The van der Waals surface area contributed by atoms with E-state index in [1.807, 2.05) is 0 Å². The van der Waals surface area contributed by atoms with E-state index in [9.17, 15) is 9.59 Å². The summed E-state index contributed by atoms with van der Waals surface area (Å²) in [6.45, 7) is 3.54. The summed E-state index contributed by atoms with van der Waals surface area (Å²) in [4.78, 5) is 22.8. The molecule has 17 heavy (non-hydrogen) atoms. The van der Waals surface area contributed by atoms with Crippen molar-refractivity contribution in [1.82, 2.24) is 0 Å². The molecular formula is C12H14ClNO3. The molecular weight excluding hydrogens is 242 g/mol. The number of esters is 1. The Hall–Kier alpha value is -1.55. The van der Waals surface area contributed by atoms with Gasteiger partial charge in [0.1, 0.15) is 0 Å². The molecule has 0 bridgehead atoms. The van der Waals surface area contributed by atoms with Gasteiger partial charge >= 0.3 is 5.97 Å². The fourth-order valence-electron chi connectivity index (χ4n) is 1.14. The molecule has 0 aliphatic heterocycles. The highest BCUT2D eigenvalue weighted by Crippen LogP contribution is 2.23.